The highest BCUT2D eigenvalue weighted by Gasteiger charge is 2.29. The zero-order valence-corrected chi connectivity index (χ0v) is 38.2. The van der Waals surface area contributed by atoms with Gasteiger partial charge in [0.05, 0.1) is 80.4 Å². The molecule has 0 aromatic heterocycles. The fraction of sp³-hybridized carbons (Fsp3) is 0.0714. The molecule has 0 radical (unpaired) electrons. The van der Waals surface area contributed by atoms with E-state index >= 15 is 0 Å². The lowest BCUT2D eigenvalue weighted by molar-refractivity contribution is -0.142. The third kappa shape index (κ3) is 10.8. The maximum atomic E-state index is 10.1. The van der Waals surface area contributed by atoms with E-state index in [2.05, 4.69) is 31.9 Å². The first kappa shape index (κ1) is 47.6. The Hall–Kier alpha value is 1.42. The predicted molar refractivity (Wildman–Crippen MR) is 225 cm³/mol. The molecule has 0 aliphatic rings. The molecule has 4 nitrogen and oxygen atoms in total. The first-order valence-corrected chi connectivity index (χ1v) is 19.9. The van der Waals surface area contributed by atoms with Crippen LogP contribution in [-0.2, 0) is 9.59 Å². The summed E-state index contributed by atoms with van der Waals surface area (Å²) in [5.74, 6) is -2.41. The molecule has 4 rings (SSSR count). The van der Waals surface area contributed by atoms with Crippen LogP contribution in [0, 0.1) is 0 Å². The molecule has 2 unspecified atom stereocenters. The summed E-state index contributed by atoms with van der Waals surface area (Å²) >= 11 is 102. The summed E-state index contributed by atoms with van der Waals surface area (Å²) in [6.07, 6.45) is 0. The second-order valence-corrected chi connectivity index (χ2v) is 16.9. The van der Waals surface area contributed by atoms with E-state index in [9.17, 15) is 9.59 Å². The summed E-state index contributed by atoms with van der Waals surface area (Å²) in [6, 6.07) is 6.36. The molecule has 0 saturated heterocycles. The van der Waals surface area contributed by atoms with E-state index in [4.69, 9.17) is 196 Å². The van der Waals surface area contributed by atoms with Crippen LogP contribution in [0.3, 0.4) is 0 Å². The molecule has 2 atom stereocenters. The molecule has 22 heteroatoms. The molecule has 0 fully saturated rings. The van der Waals surface area contributed by atoms with E-state index in [0.717, 1.165) is 0 Å². The van der Waals surface area contributed by atoms with Gasteiger partial charge in [-0.25, -0.2) is 0 Å². The minimum Gasteiger partial charge on any atom is -0.480 e. The highest BCUT2D eigenvalue weighted by molar-refractivity contribution is 9.12. The van der Waals surface area contributed by atoms with Crippen LogP contribution >= 0.6 is 217 Å². The highest BCUT2D eigenvalue weighted by Crippen LogP contribution is 2.52. The Morgan fingerprint density at radius 1 is 0.380 bits per heavy atom. The standard InChI is InChI=1S/2C12H2Cl8.C4H4Br2O4/c2*13-4-2-1-3(6(14)7(4)15)5-8(16)10(18)12(20)11(19)9(5)17;5-1(3(7)8)2(6)4(9)10/h2*1-2H;1-2H,(H,7,8)(H,9,10). The van der Waals surface area contributed by atoms with Gasteiger partial charge >= 0.3 is 11.9 Å². The van der Waals surface area contributed by atoms with Crippen molar-refractivity contribution in [2.24, 2.45) is 0 Å². The molecule has 0 amide bonds. The molecule has 0 saturated carbocycles. The molecular formula is C28H8Br2Cl16O4. The second-order valence-electron chi connectivity index (χ2n) is 8.82. The number of hydrogen-bond acceptors (Lipinski definition) is 2. The Morgan fingerprint density at radius 3 is 0.820 bits per heavy atom. The van der Waals surface area contributed by atoms with Crippen LogP contribution in [0.25, 0.3) is 22.3 Å². The maximum Gasteiger partial charge on any atom is 0.319 e. The molecule has 4 aromatic rings. The molecule has 0 heterocycles. The normalized spacial score (nSPS) is 12.0. The summed E-state index contributed by atoms with van der Waals surface area (Å²) in [5, 5.41) is 18.9. The number of carboxylic acid groups (broad SMARTS) is 2. The van der Waals surface area contributed by atoms with Gasteiger partial charge in [-0.3, -0.25) is 9.59 Å². The monoisotopic (exact) mass is 1130 g/mol. The minimum absolute atomic E-state index is 0.0725. The van der Waals surface area contributed by atoms with Crippen molar-refractivity contribution in [3.63, 3.8) is 0 Å². The van der Waals surface area contributed by atoms with Crippen molar-refractivity contribution in [2.75, 3.05) is 0 Å². The van der Waals surface area contributed by atoms with E-state index in [1.807, 2.05) is 0 Å². The number of carboxylic acids is 2. The fourth-order valence-corrected chi connectivity index (χ4v) is 7.77. The van der Waals surface area contributed by atoms with Gasteiger partial charge in [0, 0.05) is 22.3 Å². The molecular weight excluding hydrogens is 1130 g/mol. The first-order chi connectivity index (χ1) is 23.0. The van der Waals surface area contributed by atoms with Crippen LogP contribution < -0.4 is 0 Å². The van der Waals surface area contributed by atoms with Gasteiger partial charge in [0.1, 0.15) is 9.65 Å². The molecule has 270 valence electrons. The van der Waals surface area contributed by atoms with Gasteiger partial charge in [0.25, 0.3) is 0 Å². The van der Waals surface area contributed by atoms with Gasteiger partial charge in [-0.15, -0.1) is 0 Å². The Labute approximate surface area is 381 Å². The van der Waals surface area contributed by atoms with Gasteiger partial charge in [-0.1, -0.05) is 230 Å². The van der Waals surface area contributed by atoms with Crippen molar-refractivity contribution in [2.45, 2.75) is 9.65 Å². The molecule has 2 N–H and O–H groups in total. The van der Waals surface area contributed by atoms with Crippen LogP contribution in [0.5, 0.6) is 0 Å². The number of rotatable bonds is 5. The molecule has 0 spiro atoms. The van der Waals surface area contributed by atoms with Crippen LogP contribution in [0.1, 0.15) is 0 Å². The Balaban J connectivity index is 0.000000276. The summed E-state index contributed by atoms with van der Waals surface area (Å²) in [5.41, 5.74) is 1.60. The van der Waals surface area contributed by atoms with Gasteiger partial charge in [0.15, 0.2) is 0 Å². The zero-order valence-electron chi connectivity index (χ0n) is 23.0. The van der Waals surface area contributed by atoms with Crippen molar-refractivity contribution >= 4 is 229 Å². The molecule has 50 heavy (non-hydrogen) atoms. The lowest BCUT2D eigenvalue weighted by atomic mass is 10.1. The molecule has 0 aliphatic carbocycles. The summed E-state index contributed by atoms with van der Waals surface area (Å²) < 4.78 is 0. The van der Waals surface area contributed by atoms with E-state index < -0.39 is 21.6 Å². The lowest BCUT2D eigenvalue weighted by Gasteiger charge is -2.14. The van der Waals surface area contributed by atoms with E-state index in [-0.39, 0.29) is 70.3 Å². The number of carbonyl (C=O) groups is 2. The van der Waals surface area contributed by atoms with Crippen molar-refractivity contribution in [3.05, 3.63) is 105 Å². The number of aliphatic carboxylic acids is 2. The largest absolute Gasteiger partial charge is 0.480 e. The van der Waals surface area contributed by atoms with E-state index in [1.165, 1.54) is 0 Å². The van der Waals surface area contributed by atoms with Gasteiger partial charge in [-0.2, -0.15) is 0 Å². The predicted octanol–water partition coefficient (Wildman–Crippen LogP) is 17.8. The van der Waals surface area contributed by atoms with Crippen LogP contribution in [0.2, 0.25) is 80.4 Å². The lowest BCUT2D eigenvalue weighted by Crippen LogP contribution is -2.30. The molecule has 0 bridgehead atoms. The third-order valence-corrected chi connectivity index (χ3v) is 15.4. The van der Waals surface area contributed by atoms with Crippen molar-refractivity contribution in [1.29, 1.82) is 0 Å². The Morgan fingerprint density at radius 2 is 0.600 bits per heavy atom. The fourth-order valence-electron chi connectivity index (χ4n) is 3.37. The van der Waals surface area contributed by atoms with Crippen LogP contribution in [-0.4, -0.2) is 31.8 Å². The average molecular weight is 1140 g/mol. The smallest absolute Gasteiger partial charge is 0.319 e. The van der Waals surface area contributed by atoms with Crippen LogP contribution in [0.15, 0.2) is 24.3 Å². The first-order valence-electron chi connectivity index (χ1n) is 12.0. The Kier molecular flexibility index (Phi) is 19.5. The minimum atomic E-state index is -1.20. The topological polar surface area (TPSA) is 74.6 Å². The number of alkyl halides is 2. The SMILES string of the molecule is Clc1ccc(-c2c(Cl)c(Cl)c(Cl)c(Cl)c2Cl)c(Cl)c1Cl.Clc1ccc(-c2c(Cl)c(Cl)c(Cl)c(Cl)c2Cl)c(Cl)c1Cl.O=C(O)C(Br)C(Br)C(=O)O. The van der Waals surface area contributed by atoms with Crippen molar-refractivity contribution < 1.29 is 19.8 Å². The average Bonchev–Trinajstić information content (AvgIpc) is 3.07. The van der Waals surface area contributed by atoms with E-state index in [0.29, 0.717) is 32.3 Å². The van der Waals surface area contributed by atoms with Crippen molar-refractivity contribution in [3.8, 4) is 22.3 Å². The number of halogens is 18. The maximum absolute atomic E-state index is 10.1. The molecule has 0 aliphatic heterocycles. The Bertz CT molecular complexity index is 1790. The summed E-state index contributed by atoms with van der Waals surface area (Å²) in [6.45, 7) is 0. The van der Waals surface area contributed by atoms with Crippen molar-refractivity contribution in [1.82, 2.24) is 0 Å². The highest BCUT2D eigenvalue weighted by atomic mass is 79.9. The summed E-state index contributed by atoms with van der Waals surface area (Å²) in [7, 11) is 0. The van der Waals surface area contributed by atoms with Gasteiger partial charge < -0.3 is 10.2 Å². The second kappa shape index (κ2) is 20.5. The van der Waals surface area contributed by atoms with E-state index in [1.54, 1.807) is 24.3 Å². The number of benzene rings is 4. The zero-order chi connectivity index (χ0) is 38.7. The number of hydrogen-bond donors (Lipinski definition) is 2. The van der Waals surface area contributed by atoms with Gasteiger partial charge in [-0.05, 0) is 12.1 Å². The third-order valence-electron chi connectivity index (χ3n) is 5.76. The quantitative estimate of drug-likeness (QED) is 0.119. The van der Waals surface area contributed by atoms with Crippen LogP contribution in [0.4, 0.5) is 0 Å². The van der Waals surface area contributed by atoms with Gasteiger partial charge in [0.2, 0.25) is 0 Å². The molecule has 4 aromatic carbocycles. The summed E-state index contributed by atoms with van der Waals surface area (Å²) in [4.78, 5) is 18.0.